The third-order valence-electron chi connectivity index (χ3n) is 7.47. The first kappa shape index (κ1) is 26.4. The second-order valence-electron chi connectivity index (χ2n) is 9.91. The minimum absolute atomic E-state index is 0.0486. The van der Waals surface area contributed by atoms with Gasteiger partial charge in [0.05, 0.1) is 20.3 Å². The fourth-order valence-corrected chi connectivity index (χ4v) is 5.18. The molecule has 3 heterocycles. The van der Waals surface area contributed by atoms with Gasteiger partial charge in [0, 0.05) is 39.3 Å². The lowest BCUT2D eigenvalue weighted by Gasteiger charge is -2.39. The third-order valence-corrected chi connectivity index (χ3v) is 7.47. The van der Waals surface area contributed by atoms with E-state index in [1.807, 2.05) is 9.80 Å². The molecule has 36 heavy (non-hydrogen) atoms. The highest BCUT2D eigenvalue weighted by atomic mass is 19.4. The predicted octanol–water partition coefficient (Wildman–Crippen LogP) is 4.28. The zero-order valence-corrected chi connectivity index (χ0v) is 20.6. The van der Waals surface area contributed by atoms with Crippen molar-refractivity contribution < 1.29 is 37.0 Å². The predicted molar refractivity (Wildman–Crippen MR) is 125 cm³/mol. The molecule has 0 N–H and O–H groups in total. The van der Waals surface area contributed by atoms with Gasteiger partial charge < -0.3 is 28.9 Å². The molecule has 3 amide bonds. The molecule has 1 aromatic carbocycles. The molecule has 0 radical (unpaired) electrons. The minimum Gasteiger partial charge on any atom is -0.497 e. The topological polar surface area (TPSA) is 71.5 Å². The van der Waals surface area contributed by atoms with Crippen molar-refractivity contribution in [3.63, 3.8) is 0 Å². The van der Waals surface area contributed by atoms with E-state index in [0.717, 1.165) is 32.4 Å². The number of likely N-dealkylation sites (tertiary alicyclic amines) is 3. The van der Waals surface area contributed by atoms with Crippen LogP contribution in [0, 0.1) is 5.41 Å². The molecule has 3 aliphatic heterocycles. The summed E-state index contributed by atoms with van der Waals surface area (Å²) in [7, 11) is 1.52. The molecule has 3 fully saturated rings. The Morgan fingerprint density at radius 3 is 2.14 bits per heavy atom. The van der Waals surface area contributed by atoms with Crippen LogP contribution in [-0.2, 0) is 16.1 Å². The van der Waals surface area contributed by atoms with Crippen molar-refractivity contribution in [1.82, 2.24) is 14.7 Å². The number of alkyl halides is 3. The second-order valence-corrected chi connectivity index (χ2v) is 9.91. The Bertz CT molecular complexity index is 897. The van der Waals surface area contributed by atoms with Crippen molar-refractivity contribution in [2.75, 3.05) is 53.0 Å². The van der Waals surface area contributed by atoms with E-state index < -0.39 is 25.0 Å². The molecule has 4 rings (SSSR count). The maximum Gasteiger partial charge on any atom is 0.427 e. The Hall–Kier alpha value is -2.69. The zero-order chi connectivity index (χ0) is 25.8. The van der Waals surface area contributed by atoms with Crippen molar-refractivity contribution in [2.24, 2.45) is 5.41 Å². The van der Waals surface area contributed by atoms with Gasteiger partial charge in [0.2, 0.25) is 6.10 Å². The number of hydrogen-bond donors (Lipinski definition) is 0. The van der Waals surface area contributed by atoms with Gasteiger partial charge in [-0.3, -0.25) is 0 Å². The van der Waals surface area contributed by atoms with E-state index in [0.29, 0.717) is 50.3 Å². The number of ether oxygens (including phenoxy) is 3. The molecule has 0 aliphatic carbocycles. The van der Waals surface area contributed by atoms with Crippen LogP contribution in [0.1, 0.15) is 37.7 Å². The summed E-state index contributed by atoms with van der Waals surface area (Å²) in [5, 5.41) is 0. The summed E-state index contributed by atoms with van der Waals surface area (Å²) >= 11 is 0. The molecule has 3 aliphatic rings. The summed E-state index contributed by atoms with van der Waals surface area (Å²) in [6.45, 7) is 2.69. The Balaban J connectivity index is 1.24. The molecular formula is C25H34F3N3O5. The highest BCUT2D eigenvalue weighted by molar-refractivity contribution is 5.75. The van der Waals surface area contributed by atoms with Gasteiger partial charge in [-0.1, -0.05) is 12.1 Å². The summed E-state index contributed by atoms with van der Waals surface area (Å²) in [4.78, 5) is 30.4. The fraction of sp³-hybridized carbons (Fsp3) is 0.680. The summed E-state index contributed by atoms with van der Waals surface area (Å²) in [6, 6.07) is 6.85. The van der Waals surface area contributed by atoms with Crippen LogP contribution in [-0.4, -0.2) is 92.1 Å². The van der Waals surface area contributed by atoms with Crippen molar-refractivity contribution in [2.45, 2.75) is 51.0 Å². The first-order valence-corrected chi connectivity index (χ1v) is 12.5. The number of piperidine rings is 1. The highest BCUT2D eigenvalue weighted by Crippen LogP contribution is 2.41. The number of amides is 3. The van der Waals surface area contributed by atoms with Gasteiger partial charge in [-0.2, -0.15) is 13.2 Å². The fourth-order valence-electron chi connectivity index (χ4n) is 5.18. The summed E-state index contributed by atoms with van der Waals surface area (Å²) in [5.41, 5.74) is 0.593. The molecule has 1 atom stereocenters. The normalized spacial score (nSPS) is 20.6. The Kier molecular flexibility index (Phi) is 8.17. The van der Waals surface area contributed by atoms with Crippen LogP contribution in [0.4, 0.5) is 22.8 Å². The van der Waals surface area contributed by atoms with Gasteiger partial charge in [-0.05, 0) is 55.2 Å². The number of carbonyl (C=O) groups is 2. The third kappa shape index (κ3) is 6.35. The number of methoxy groups -OCH3 is 1. The Morgan fingerprint density at radius 1 is 0.944 bits per heavy atom. The molecule has 0 bridgehead atoms. The van der Waals surface area contributed by atoms with Crippen LogP contribution in [0.15, 0.2) is 24.3 Å². The van der Waals surface area contributed by atoms with Crippen LogP contribution in [0.3, 0.4) is 0 Å². The van der Waals surface area contributed by atoms with E-state index >= 15 is 0 Å². The molecule has 8 nitrogen and oxygen atoms in total. The van der Waals surface area contributed by atoms with Crippen molar-refractivity contribution in [1.29, 1.82) is 0 Å². The maximum atomic E-state index is 13.5. The monoisotopic (exact) mass is 513 g/mol. The van der Waals surface area contributed by atoms with Crippen LogP contribution < -0.4 is 4.74 Å². The molecule has 3 saturated heterocycles. The molecule has 0 unspecified atom stereocenters. The highest BCUT2D eigenvalue weighted by Gasteiger charge is 2.46. The molecule has 0 aromatic heterocycles. The molecule has 11 heteroatoms. The van der Waals surface area contributed by atoms with Gasteiger partial charge in [-0.25, -0.2) is 9.59 Å². The SMILES string of the molecule is COc1ccc(COC[C@@H](OC(=O)N2CCC3(CC2)CCN(C(=O)N2CCCC2)C3)C(F)(F)F)cc1. The first-order chi connectivity index (χ1) is 17.2. The minimum atomic E-state index is -4.74. The van der Waals surface area contributed by atoms with Gasteiger partial charge >= 0.3 is 18.3 Å². The van der Waals surface area contributed by atoms with Crippen LogP contribution >= 0.6 is 0 Å². The first-order valence-electron chi connectivity index (χ1n) is 12.5. The number of nitrogens with zero attached hydrogens (tertiary/aromatic N) is 3. The Labute approximate surface area is 209 Å². The van der Waals surface area contributed by atoms with E-state index in [-0.39, 0.29) is 18.1 Å². The van der Waals surface area contributed by atoms with E-state index in [2.05, 4.69) is 0 Å². The number of rotatable bonds is 6. The Morgan fingerprint density at radius 2 is 1.56 bits per heavy atom. The van der Waals surface area contributed by atoms with Crippen molar-refractivity contribution in [3.05, 3.63) is 29.8 Å². The van der Waals surface area contributed by atoms with Gasteiger partial charge in [0.1, 0.15) is 5.75 Å². The molecule has 200 valence electrons. The lowest BCUT2D eigenvalue weighted by molar-refractivity contribution is -0.220. The summed E-state index contributed by atoms with van der Waals surface area (Å²) < 4.78 is 55.7. The average Bonchev–Trinajstić information content (AvgIpc) is 3.54. The molecule has 1 aromatic rings. The molecular weight excluding hydrogens is 479 g/mol. The van der Waals surface area contributed by atoms with Gasteiger partial charge in [0.15, 0.2) is 0 Å². The number of urea groups is 1. The van der Waals surface area contributed by atoms with E-state index in [1.165, 1.54) is 12.0 Å². The zero-order valence-electron chi connectivity index (χ0n) is 20.6. The largest absolute Gasteiger partial charge is 0.497 e. The van der Waals surface area contributed by atoms with Gasteiger partial charge in [-0.15, -0.1) is 0 Å². The van der Waals surface area contributed by atoms with E-state index in [9.17, 15) is 22.8 Å². The van der Waals surface area contributed by atoms with Crippen LogP contribution in [0.5, 0.6) is 5.75 Å². The number of halogens is 3. The molecule has 0 saturated carbocycles. The van der Waals surface area contributed by atoms with Crippen molar-refractivity contribution >= 4 is 12.1 Å². The van der Waals surface area contributed by atoms with Gasteiger partial charge in [0.25, 0.3) is 0 Å². The quantitative estimate of drug-likeness (QED) is 0.568. The van der Waals surface area contributed by atoms with Crippen molar-refractivity contribution in [3.8, 4) is 5.75 Å². The molecule has 1 spiro atoms. The average molecular weight is 514 g/mol. The number of benzene rings is 1. The lowest BCUT2D eigenvalue weighted by Crippen LogP contribution is -2.48. The summed E-state index contributed by atoms with van der Waals surface area (Å²) in [6.07, 6.45) is -3.88. The van der Waals surface area contributed by atoms with Crippen LogP contribution in [0.25, 0.3) is 0 Å². The summed E-state index contributed by atoms with van der Waals surface area (Å²) in [5.74, 6) is 0.632. The number of hydrogen-bond acceptors (Lipinski definition) is 5. The smallest absolute Gasteiger partial charge is 0.427 e. The van der Waals surface area contributed by atoms with E-state index in [4.69, 9.17) is 14.2 Å². The maximum absolute atomic E-state index is 13.5. The van der Waals surface area contributed by atoms with Crippen LogP contribution in [0.2, 0.25) is 0 Å². The van der Waals surface area contributed by atoms with E-state index in [1.54, 1.807) is 24.3 Å². The lowest BCUT2D eigenvalue weighted by atomic mass is 9.78. The standard InChI is InChI=1S/C25H34F3N3O5/c1-34-20-6-4-19(5-7-20)16-35-17-21(25(26,27)28)36-23(33)30-13-8-24(9-14-30)10-15-31(18-24)22(32)29-11-2-3-12-29/h4-7,21H,2-3,8-18H2,1H3/t21-/m1/s1. The number of carbonyl (C=O) groups excluding carboxylic acids is 2. The second kappa shape index (κ2) is 11.1.